The predicted octanol–water partition coefficient (Wildman–Crippen LogP) is 6.75. The Morgan fingerprint density at radius 3 is 2.29 bits per heavy atom. The third kappa shape index (κ3) is 4.36. The number of hydrazone groups is 1. The number of rotatable bonds is 4. The topological polar surface area (TPSA) is 66.2 Å². The average molecular weight is 409 g/mol. The van der Waals surface area contributed by atoms with Gasteiger partial charge in [0.15, 0.2) is 0 Å². The number of hydrogen-bond acceptors (Lipinski definition) is 5. The normalized spacial score (nSPS) is 14.3. The molecule has 0 unspecified atom stereocenters. The summed E-state index contributed by atoms with van der Waals surface area (Å²) >= 11 is 0. The molecule has 31 heavy (non-hydrogen) atoms. The van der Waals surface area contributed by atoms with Crippen LogP contribution in [0.4, 0.5) is 17.1 Å². The zero-order chi connectivity index (χ0) is 22.0. The van der Waals surface area contributed by atoms with Gasteiger partial charge in [-0.05, 0) is 79.8 Å². The van der Waals surface area contributed by atoms with E-state index in [-0.39, 0.29) is 5.78 Å². The van der Waals surface area contributed by atoms with Crippen LogP contribution in [0.2, 0.25) is 0 Å². The first kappa shape index (κ1) is 20.4. The highest BCUT2D eigenvalue weighted by atomic mass is 16.1. The van der Waals surface area contributed by atoms with E-state index in [0.717, 1.165) is 50.4 Å². The van der Waals surface area contributed by atoms with Crippen LogP contribution in [0.5, 0.6) is 0 Å². The van der Waals surface area contributed by atoms with E-state index in [1.54, 1.807) is 6.08 Å². The van der Waals surface area contributed by atoms with Crippen LogP contribution >= 0.6 is 0 Å². The Morgan fingerprint density at radius 2 is 1.48 bits per heavy atom. The highest BCUT2D eigenvalue weighted by Crippen LogP contribution is 2.29. The summed E-state index contributed by atoms with van der Waals surface area (Å²) in [4.78, 5) is 12.4. The zero-order valence-electron chi connectivity index (χ0n) is 18.1. The molecule has 154 valence electrons. The van der Waals surface area contributed by atoms with Crippen molar-refractivity contribution in [1.29, 1.82) is 0 Å². The Kier molecular flexibility index (Phi) is 5.58. The van der Waals surface area contributed by atoms with E-state index in [1.165, 1.54) is 0 Å². The van der Waals surface area contributed by atoms with Gasteiger partial charge >= 0.3 is 0 Å². The maximum atomic E-state index is 12.4. The molecule has 0 radical (unpaired) electrons. The molecular weight excluding hydrogens is 384 g/mol. The fourth-order valence-electron chi connectivity index (χ4n) is 3.43. The van der Waals surface area contributed by atoms with Gasteiger partial charge in [-0.15, -0.1) is 0 Å². The smallest absolute Gasteiger partial charge is 0.206 e. The molecule has 0 atom stereocenters. The van der Waals surface area contributed by atoms with Crippen molar-refractivity contribution in [2.45, 2.75) is 27.7 Å². The summed E-state index contributed by atoms with van der Waals surface area (Å²) in [5.41, 5.74) is 12.0. The molecule has 3 aromatic rings. The van der Waals surface area contributed by atoms with E-state index >= 15 is 0 Å². The van der Waals surface area contributed by atoms with E-state index in [4.69, 9.17) is 0 Å². The number of fused-ring (bicyclic) bond motifs is 1. The number of carbonyl (C=O) groups excluding carboxylic acids is 1. The molecule has 5 heteroatoms. The number of allylic oxidation sites excluding steroid dienone is 1. The number of benzene rings is 3. The van der Waals surface area contributed by atoms with E-state index in [1.807, 2.05) is 82.3 Å². The second-order valence-corrected chi connectivity index (χ2v) is 7.80. The summed E-state index contributed by atoms with van der Waals surface area (Å²) in [6, 6.07) is 17.8. The van der Waals surface area contributed by atoms with Gasteiger partial charge in [-0.25, -0.2) is 0 Å². The number of ketones is 1. The third-order valence-electron chi connectivity index (χ3n) is 5.32. The van der Waals surface area contributed by atoms with Crippen LogP contribution in [0.3, 0.4) is 0 Å². The molecule has 1 aliphatic carbocycles. The van der Waals surface area contributed by atoms with Crippen molar-refractivity contribution in [3.05, 3.63) is 94.1 Å². The van der Waals surface area contributed by atoms with Gasteiger partial charge in [0.25, 0.3) is 0 Å². The van der Waals surface area contributed by atoms with Crippen molar-refractivity contribution in [3.63, 3.8) is 0 Å². The summed E-state index contributed by atoms with van der Waals surface area (Å²) in [5, 5.41) is 13.4. The Bertz CT molecular complexity index is 1270. The van der Waals surface area contributed by atoms with E-state index < -0.39 is 0 Å². The maximum Gasteiger partial charge on any atom is 0.206 e. The van der Waals surface area contributed by atoms with Crippen molar-refractivity contribution in [2.75, 3.05) is 5.43 Å². The second-order valence-electron chi connectivity index (χ2n) is 7.80. The van der Waals surface area contributed by atoms with E-state index in [2.05, 4.69) is 26.8 Å². The van der Waals surface area contributed by atoms with Crippen molar-refractivity contribution < 1.29 is 4.79 Å². The van der Waals surface area contributed by atoms with Crippen LogP contribution in [0, 0.1) is 27.7 Å². The molecule has 0 fully saturated rings. The molecular formula is C26H24N4O. The van der Waals surface area contributed by atoms with Crippen molar-refractivity contribution in [1.82, 2.24) is 0 Å². The van der Waals surface area contributed by atoms with Crippen molar-refractivity contribution >= 4 is 34.6 Å². The number of nitrogens with one attached hydrogen (secondary N) is 1. The minimum absolute atomic E-state index is 0.112. The maximum absolute atomic E-state index is 12.4. The van der Waals surface area contributed by atoms with Gasteiger partial charge in [-0.2, -0.15) is 15.3 Å². The monoisotopic (exact) mass is 408 g/mol. The molecule has 4 rings (SSSR count). The summed E-state index contributed by atoms with van der Waals surface area (Å²) in [5.74, 6) is -0.112. The predicted molar refractivity (Wildman–Crippen MR) is 127 cm³/mol. The molecule has 0 heterocycles. The molecule has 1 aliphatic rings. The average Bonchev–Trinajstić information content (AvgIpc) is 2.76. The molecule has 5 nitrogen and oxygen atoms in total. The van der Waals surface area contributed by atoms with Gasteiger partial charge in [-0.1, -0.05) is 42.5 Å². The Hall–Kier alpha value is -3.86. The summed E-state index contributed by atoms with van der Waals surface area (Å²) in [6.45, 7) is 8.04. The highest BCUT2D eigenvalue weighted by molar-refractivity contribution is 6.52. The number of anilines is 1. The number of aryl methyl sites for hydroxylation is 4. The van der Waals surface area contributed by atoms with Crippen LogP contribution in [-0.4, -0.2) is 11.5 Å². The fraction of sp³-hybridized carbons (Fsp3) is 0.154. The minimum Gasteiger partial charge on any atom is -0.287 e. The molecule has 0 bridgehead atoms. The first-order valence-corrected chi connectivity index (χ1v) is 10.2. The van der Waals surface area contributed by atoms with Gasteiger partial charge < -0.3 is 0 Å². The Balaban J connectivity index is 1.60. The number of azo groups is 1. The summed E-state index contributed by atoms with van der Waals surface area (Å²) in [6.07, 6.45) is 3.37. The molecule has 0 saturated heterocycles. The molecule has 3 aromatic carbocycles. The second kappa shape index (κ2) is 8.48. The van der Waals surface area contributed by atoms with Gasteiger partial charge in [0.2, 0.25) is 5.78 Å². The summed E-state index contributed by atoms with van der Waals surface area (Å²) < 4.78 is 0. The van der Waals surface area contributed by atoms with Crippen LogP contribution in [0.1, 0.15) is 33.4 Å². The van der Waals surface area contributed by atoms with Crippen LogP contribution in [-0.2, 0) is 4.79 Å². The molecule has 0 amide bonds. The fourth-order valence-corrected chi connectivity index (χ4v) is 3.43. The molecule has 0 saturated carbocycles. The van der Waals surface area contributed by atoms with Gasteiger partial charge in [-0.3, -0.25) is 10.2 Å². The van der Waals surface area contributed by atoms with Crippen LogP contribution in [0.15, 0.2) is 76.0 Å². The SMILES string of the molecule is Cc1ccc(C)c(N=Nc2cc(C)c(N/N=C3\C(=O)C=Cc4ccccc43)cc2C)c1. The van der Waals surface area contributed by atoms with Crippen LogP contribution < -0.4 is 5.43 Å². The number of nitrogens with zero attached hydrogens (tertiary/aromatic N) is 3. The summed E-state index contributed by atoms with van der Waals surface area (Å²) in [7, 11) is 0. The lowest BCUT2D eigenvalue weighted by Gasteiger charge is -2.13. The standard InChI is InChI=1S/C26H24N4O/c1-16-9-10-17(2)22(13-16)27-28-23-14-19(4)24(15-18(23)3)29-30-26-21-8-6-5-7-20(21)11-12-25(26)31/h5-15,29H,1-4H3/b28-27?,30-26-. The van der Waals surface area contributed by atoms with Gasteiger partial charge in [0, 0.05) is 5.56 Å². The van der Waals surface area contributed by atoms with Gasteiger partial charge in [0.05, 0.1) is 17.1 Å². The largest absolute Gasteiger partial charge is 0.287 e. The number of hydrogen-bond donors (Lipinski definition) is 1. The minimum atomic E-state index is -0.112. The Labute approximate surface area is 182 Å². The number of carbonyl (C=O) groups is 1. The molecule has 1 N–H and O–H groups in total. The lowest BCUT2D eigenvalue weighted by atomic mass is 9.95. The first-order valence-electron chi connectivity index (χ1n) is 10.2. The van der Waals surface area contributed by atoms with E-state index in [9.17, 15) is 4.79 Å². The van der Waals surface area contributed by atoms with Crippen LogP contribution in [0.25, 0.3) is 6.08 Å². The van der Waals surface area contributed by atoms with Crippen molar-refractivity contribution in [2.24, 2.45) is 15.3 Å². The van der Waals surface area contributed by atoms with Gasteiger partial charge in [0.1, 0.15) is 5.71 Å². The molecule has 0 spiro atoms. The third-order valence-corrected chi connectivity index (χ3v) is 5.32. The lowest BCUT2D eigenvalue weighted by molar-refractivity contribution is -0.108. The quantitative estimate of drug-likeness (QED) is 0.383. The zero-order valence-corrected chi connectivity index (χ0v) is 18.1. The van der Waals surface area contributed by atoms with E-state index in [0.29, 0.717) is 5.71 Å². The molecule has 0 aliphatic heterocycles. The lowest BCUT2D eigenvalue weighted by Crippen LogP contribution is -2.19. The van der Waals surface area contributed by atoms with Crippen molar-refractivity contribution in [3.8, 4) is 0 Å². The Morgan fingerprint density at radius 1 is 0.742 bits per heavy atom. The molecule has 0 aromatic heterocycles. The first-order chi connectivity index (χ1) is 14.9. The highest BCUT2D eigenvalue weighted by Gasteiger charge is 2.18.